The number of aromatic nitrogens is 1. The molecule has 2 rings (SSSR count). The topological polar surface area (TPSA) is 57.7 Å². The van der Waals surface area contributed by atoms with Gasteiger partial charge in [-0.3, -0.25) is 9.78 Å². The zero-order valence-corrected chi connectivity index (χ0v) is 13.6. The molecular formula is C17H18ClNO4. The summed E-state index contributed by atoms with van der Waals surface area (Å²) in [5.74, 6) is 1.04. The zero-order chi connectivity index (χ0) is 16.5. The molecule has 5 nitrogen and oxygen atoms in total. The van der Waals surface area contributed by atoms with E-state index in [1.807, 2.05) is 6.07 Å². The molecule has 0 saturated heterocycles. The van der Waals surface area contributed by atoms with Gasteiger partial charge in [-0.05, 0) is 36.8 Å². The number of benzene rings is 1. The minimum Gasteiger partial charge on any atom is -0.496 e. The summed E-state index contributed by atoms with van der Waals surface area (Å²) < 4.78 is 15.9. The predicted octanol–water partition coefficient (Wildman–Crippen LogP) is 3.65. The lowest BCUT2D eigenvalue weighted by atomic mass is 10.2. The molecule has 0 fully saturated rings. The molecule has 122 valence electrons. The minimum absolute atomic E-state index is 0.131. The molecule has 0 spiro atoms. The largest absolute Gasteiger partial charge is 0.496 e. The lowest BCUT2D eigenvalue weighted by molar-refractivity contribution is -0.145. The summed E-state index contributed by atoms with van der Waals surface area (Å²) in [5, 5.41) is 0.571. The fourth-order valence-electron chi connectivity index (χ4n) is 1.93. The molecule has 0 amide bonds. The van der Waals surface area contributed by atoms with Gasteiger partial charge in [0.2, 0.25) is 0 Å². The maximum Gasteiger partial charge on any atom is 0.306 e. The van der Waals surface area contributed by atoms with Crippen molar-refractivity contribution in [3.63, 3.8) is 0 Å². The van der Waals surface area contributed by atoms with Gasteiger partial charge in [0.05, 0.1) is 19.9 Å². The molecule has 0 atom stereocenters. The van der Waals surface area contributed by atoms with E-state index in [0.717, 1.165) is 5.56 Å². The van der Waals surface area contributed by atoms with Gasteiger partial charge >= 0.3 is 5.97 Å². The summed E-state index contributed by atoms with van der Waals surface area (Å²) >= 11 is 5.93. The first-order valence-electron chi connectivity index (χ1n) is 7.20. The van der Waals surface area contributed by atoms with E-state index in [-0.39, 0.29) is 19.0 Å². The third kappa shape index (κ3) is 5.79. The molecule has 1 aromatic heterocycles. The van der Waals surface area contributed by atoms with E-state index in [1.54, 1.807) is 43.8 Å². The van der Waals surface area contributed by atoms with Crippen LogP contribution in [-0.2, 0) is 16.1 Å². The lowest BCUT2D eigenvalue weighted by Gasteiger charge is -2.10. The number of ether oxygens (including phenoxy) is 3. The van der Waals surface area contributed by atoms with Crippen LogP contribution in [0.15, 0.2) is 42.7 Å². The second kappa shape index (κ2) is 9.00. The summed E-state index contributed by atoms with van der Waals surface area (Å²) in [6.45, 7) is 0.563. The Hall–Kier alpha value is -2.27. The summed E-state index contributed by atoms with van der Waals surface area (Å²) in [6, 6.07) is 8.80. The van der Waals surface area contributed by atoms with Gasteiger partial charge < -0.3 is 14.2 Å². The number of methoxy groups -OCH3 is 1. The number of esters is 1. The molecule has 0 aliphatic heterocycles. The van der Waals surface area contributed by atoms with E-state index in [4.69, 9.17) is 25.8 Å². The third-order valence-electron chi connectivity index (χ3n) is 3.06. The van der Waals surface area contributed by atoms with E-state index in [0.29, 0.717) is 29.5 Å². The fraction of sp³-hybridized carbons (Fsp3) is 0.294. The Bertz CT molecular complexity index is 634. The van der Waals surface area contributed by atoms with Crippen molar-refractivity contribution in [3.05, 3.63) is 53.3 Å². The zero-order valence-electron chi connectivity index (χ0n) is 12.8. The first kappa shape index (κ1) is 17.1. The lowest BCUT2D eigenvalue weighted by Crippen LogP contribution is -2.08. The van der Waals surface area contributed by atoms with Crippen molar-refractivity contribution in [2.45, 2.75) is 19.4 Å². The average Bonchev–Trinajstić information content (AvgIpc) is 2.58. The Morgan fingerprint density at radius 3 is 2.91 bits per heavy atom. The molecule has 0 unspecified atom stereocenters. The van der Waals surface area contributed by atoms with Crippen molar-refractivity contribution in [2.24, 2.45) is 0 Å². The van der Waals surface area contributed by atoms with Crippen LogP contribution in [-0.4, -0.2) is 24.7 Å². The Labute approximate surface area is 140 Å². The molecule has 23 heavy (non-hydrogen) atoms. The normalized spacial score (nSPS) is 10.2. The van der Waals surface area contributed by atoms with Gasteiger partial charge in [0, 0.05) is 23.2 Å². The average molecular weight is 336 g/mol. The highest BCUT2D eigenvalue weighted by Gasteiger charge is 2.08. The van der Waals surface area contributed by atoms with Crippen molar-refractivity contribution in [2.75, 3.05) is 13.7 Å². The number of pyridine rings is 1. The van der Waals surface area contributed by atoms with E-state index in [1.165, 1.54) is 0 Å². The molecule has 0 aliphatic carbocycles. The molecule has 0 saturated carbocycles. The van der Waals surface area contributed by atoms with Gasteiger partial charge in [0.25, 0.3) is 0 Å². The van der Waals surface area contributed by atoms with Gasteiger partial charge in [-0.25, -0.2) is 0 Å². The second-order valence-corrected chi connectivity index (χ2v) is 5.19. The summed E-state index contributed by atoms with van der Waals surface area (Å²) in [5.41, 5.74) is 0.736. The van der Waals surface area contributed by atoms with Crippen LogP contribution in [0, 0.1) is 0 Å². The quantitative estimate of drug-likeness (QED) is 0.544. The number of nitrogens with zero attached hydrogens (tertiary/aromatic N) is 1. The summed E-state index contributed by atoms with van der Waals surface area (Å²) in [6.07, 6.45) is 4.15. The van der Waals surface area contributed by atoms with Crippen molar-refractivity contribution in [3.8, 4) is 11.5 Å². The highest BCUT2D eigenvalue weighted by molar-refractivity contribution is 6.30. The van der Waals surface area contributed by atoms with Gasteiger partial charge in [0.1, 0.15) is 18.1 Å². The second-order valence-electron chi connectivity index (χ2n) is 4.76. The van der Waals surface area contributed by atoms with Crippen molar-refractivity contribution in [1.82, 2.24) is 4.98 Å². The summed E-state index contributed by atoms with van der Waals surface area (Å²) in [7, 11) is 1.56. The molecule has 2 aromatic rings. The van der Waals surface area contributed by atoms with Crippen LogP contribution in [0.2, 0.25) is 5.02 Å². The molecular weight excluding hydrogens is 318 g/mol. The van der Waals surface area contributed by atoms with E-state index in [9.17, 15) is 4.79 Å². The Morgan fingerprint density at radius 2 is 2.17 bits per heavy atom. The smallest absolute Gasteiger partial charge is 0.306 e. The van der Waals surface area contributed by atoms with Gasteiger partial charge in [0.15, 0.2) is 0 Å². The van der Waals surface area contributed by atoms with Crippen LogP contribution >= 0.6 is 11.6 Å². The summed E-state index contributed by atoms with van der Waals surface area (Å²) in [4.78, 5) is 15.7. The number of carbonyl (C=O) groups is 1. The van der Waals surface area contributed by atoms with Crippen LogP contribution in [0.4, 0.5) is 0 Å². The molecule has 1 heterocycles. The molecule has 1 aromatic carbocycles. The maximum atomic E-state index is 11.7. The van der Waals surface area contributed by atoms with E-state index < -0.39 is 0 Å². The SMILES string of the molecule is COc1ccc(Cl)cc1COC(=O)CCCOc1cccnc1. The number of halogens is 1. The highest BCUT2D eigenvalue weighted by Crippen LogP contribution is 2.23. The predicted molar refractivity (Wildman–Crippen MR) is 86.8 cm³/mol. The fourth-order valence-corrected chi connectivity index (χ4v) is 2.12. The number of rotatable bonds is 8. The van der Waals surface area contributed by atoms with Crippen LogP contribution in [0.25, 0.3) is 0 Å². The van der Waals surface area contributed by atoms with Crippen LogP contribution in [0.5, 0.6) is 11.5 Å². The van der Waals surface area contributed by atoms with E-state index in [2.05, 4.69) is 4.98 Å². The Morgan fingerprint density at radius 1 is 1.30 bits per heavy atom. The highest BCUT2D eigenvalue weighted by atomic mass is 35.5. The van der Waals surface area contributed by atoms with E-state index >= 15 is 0 Å². The molecule has 0 bridgehead atoms. The number of carbonyl (C=O) groups excluding carboxylic acids is 1. The molecule has 0 N–H and O–H groups in total. The number of hydrogen-bond donors (Lipinski definition) is 0. The van der Waals surface area contributed by atoms with Crippen LogP contribution in [0.1, 0.15) is 18.4 Å². The first-order valence-corrected chi connectivity index (χ1v) is 7.57. The molecule has 0 radical (unpaired) electrons. The Balaban J connectivity index is 1.70. The Kier molecular flexibility index (Phi) is 6.69. The van der Waals surface area contributed by atoms with Crippen LogP contribution in [0.3, 0.4) is 0 Å². The van der Waals surface area contributed by atoms with Crippen molar-refractivity contribution < 1.29 is 19.0 Å². The van der Waals surface area contributed by atoms with Crippen molar-refractivity contribution in [1.29, 1.82) is 0 Å². The van der Waals surface area contributed by atoms with Gasteiger partial charge in [-0.1, -0.05) is 11.6 Å². The van der Waals surface area contributed by atoms with Gasteiger partial charge in [-0.2, -0.15) is 0 Å². The standard InChI is InChI=1S/C17H18ClNO4/c1-21-16-7-6-14(18)10-13(16)12-23-17(20)5-3-9-22-15-4-2-8-19-11-15/h2,4,6-8,10-11H,3,5,9,12H2,1H3. The van der Waals surface area contributed by atoms with Crippen LogP contribution < -0.4 is 9.47 Å². The minimum atomic E-state index is -0.290. The number of hydrogen-bond acceptors (Lipinski definition) is 5. The third-order valence-corrected chi connectivity index (χ3v) is 3.29. The molecule has 0 aliphatic rings. The van der Waals surface area contributed by atoms with Crippen molar-refractivity contribution >= 4 is 17.6 Å². The van der Waals surface area contributed by atoms with Gasteiger partial charge in [-0.15, -0.1) is 0 Å². The monoisotopic (exact) mass is 335 g/mol. The molecule has 6 heteroatoms. The first-order chi connectivity index (χ1) is 11.2. The maximum absolute atomic E-state index is 11.7.